The lowest BCUT2D eigenvalue weighted by Gasteiger charge is -2.20. The molecular formula is C18H16N4O2. The normalized spacial score (nSPS) is 22.4. The molecule has 6 nitrogen and oxygen atoms in total. The summed E-state index contributed by atoms with van der Waals surface area (Å²) in [7, 11) is 0. The number of benzene rings is 2. The first-order chi connectivity index (χ1) is 11.7. The maximum atomic E-state index is 12.9. The van der Waals surface area contributed by atoms with Crippen LogP contribution in [0.5, 0.6) is 0 Å². The van der Waals surface area contributed by atoms with Gasteiger partial charge in [-0.3, -0.25) is 9.59 Å². The molecule has 0 aliphatic carbocycles. The summed E-state index contributed by atoms with van der Waals surface area (Å²) >= 11 is 0. The minimum absolute atomic E-state index is 0.289. The number of anilines is 2. The van der Waals surface area contributed by atoms with Crippen LogP contribution in [0.15, 0.2) is 64.9 Å². The second-order valence-electron chi connectivity index (χ2n) is 5.81. The highest BCUT2D eigenvalue weighted by Gasteiger charge is 2.55. The fraction of sp³-hybridized carbons (Fsp3) is 0.222. The van der Waals surface area contributed by atoms with E-state index in [9.17, 15) is 9.59 Å². The maximum absolute atomic E-state index is 12.9. The van der Waals surface area contributed by atoms with Crippen LogP contribution in [-0.2, 0) is 16.0 Å². The molecule has 1 fully saturated rings. The zero-order valence-corrected chi connectivity index (χ0v) is 13.2. The van der Waals surface area contributed by atoms with Crippen LogP contribution in [0.4, 0.5) is 11.4 Å². The van der Waals surface area contributed by atoms with Crippen LogP contribution in [0, 0.1) is 0 Å². The molecule has 0 N–H and O–H groups in total. The molecule has 2 aliphatic heterocycles. The van der Waals surface area contributed by atoms with Crippen LogP contribution in [0.3, 0.4) is 0 Å². The summed E-state index contributed by atoms with van der Waals surface area (Å²) in [5.41, 5.74) is 2.49. The fourth-order valence-corrected chi connectivity index (χ4v) is 3.09. The van der Waals surface area contributed by atoms with E-state index in [1.165, 1.54) is 9.91 Å². The second-order valence-corrected chi connectivity index (χ2v) is 5.81. The number of hydrogen-bond acceptors (Lipinski definition) is 5. The lowest BCUT2D eigenvalue weighted by Crippen LogP contribution is -2.39. The van der Waals surface area contributed by atoms with Gasteiger partial charge in [0.15, 0.2) is 12.1 Å². The summed E-state index contributed by atoms with van der Waals surface area (Å²) in [6, 6.07) is 15.3. The lowest BCUT2D eigenvalue weighted by atomic mass is 10.1. The molecular weight excluding hydrogens is 304 g/mol. The first-order valence-electron chi connectivity index (χ1n) is 7.92. The van der Waals surface area contributed by atoms with Crippen molar-refractivity contribution in [2.75, 3.05) is 9.91 Å². The van der Waals surface area contributed by atoms with Crippen molar-refractivity contribution in [2.45, 2.75) is 25.4 Å². The van der Waals surface area contributed by atoms with Crippen LogP contribution in [0.1, 0.15) is 12.5 Å². The molecule has 24 heavy (non-hydrogen) atoms. The zero-order chi connectivity index (χ0) is 16.7. The van der Waals surface area contributed by atoms with Crippen molar-refractivity contribution in [2.24, 2.45) is 10.3 Å². The molecule has 0 bridgehead atoms. The highest BCUT2D eigenvalue weighted by Crippen LogP contribution is 2.34. The molecule has 0 unspecified atom stereocenters. The van der Waals surface area contributed by atoms with E-state index in [0.717, 1.165) is 17.7 Å². The molecule has 2 aromatic rings. The van der Waals surface area contributed by atoms with Gasteiger partial charge in [0, 0.05) is 0 Å². The molecule has 0 radical (unpaired) electrons. The van der Waals surface area contributed by atoms with Crippen LogP contribution >= 0.6 is 0 Å². The van der Waals surface area contributed by atoms with Gasteiger partial charge in [0.2, 0.25) is 0 Å². The molecule has 0 aromatic heterocycles. The molecule has 6 heteroatoms. The molecule has 2 heterocycles. The van der Waals surface area contributed by atoms with E-state index in [1.54, 1.807) is 12.1 Å². The topological polar surface area (TPSA) is 65.3 Å². The number of aryl methyl sites for hydroxylation is 1. The Bertz CT molecular complexity index is 817. The number of nitrogens with zero attached hydrogens (tertiary/aromatic N) is 4. The first-order valence-corrected chi connectivity index (χ1v) is 7.92. The van der Waals surface area contributed by atoms with Gasteiger partial charge in [0.1, 0.15) is 0 Å². The first kappa shape index (κ1) is 14.6. The van der Waals surface area contributed by atoms with E-state index in [1.807, 2.05) is 42.5 Å². The Kier molecular flexibility index (Phi) is 3.37. The van der Waals surface area contributed by atoms with E-state index in [4.69, 9.17) is 0 Å². The van der Waals surface area contributed by atoms with Gasteiger partial charge in [-0.1, -0.05) is 42.5 Å². The molecule has 2 atom stereocenters. The van der Waals surface area contributed by atoms with Gasteiger partial charge in [0.25, 0.3) is 11.8 Å². The van der Waals surface area contributed by atoms with Crippen LogP contribution < -0.4 is 9.91 Å². The fourth-order valence-electron chi connectivity index (χ4n) is 3.09. The van der Waals surface area contributed by atoms with E-state index >= 15 is 0 Å². The van der Waals surface area contributed by atoms with Crippen LogP contribution in [0.2, 0.25) is 0 Å². The SMILES string of the molecule is CCc1ccc(N2C(=O)[C@@H]3N=NN(c4ccccc4)[C@H]3C2=O)cc1. The number of rotatable bonds is 3. The monoisotopic (exact) mass is 320 g/mol. The van der Waals surface area contributed by atoms with Crippen molar-refractivity contribution in [3.05, 3.63) is 60.2 Å². The molecule has 2 aromatic carbocycles. The zero-order valence-electron chi connectivity index (χ0n) is 13.2. The van der Waals surface area contributed by atoms with Crippen molar-refractivity contribution < 1.29 is 9.59 Å². The summed E-state index contributed by atoms with van der Waals surface area (Å²) in [6.07, 6.45) is 0.906. The summed E-state index contributed by atoms with van der Waals surface area (Å²) in [5.74, 6) is -0.612. The Morgan fingerprint density at radius 3 is 2.29 bits per heavy atom. The predicted molar refractivity (Wildman–Crippen MR) is 89.7 cm³/mol. The molecule has 120 valence electrons. The van der Waals surface area contributed by atoms with Crippen molar-refractivity contribution >= 4 is 23.2 Å². The third-order valence-corrected chi connectivity index (χ3v) is 4.41. The summed E-state index contributed by atoms with van der Waals surface area (Å²) in [6.45, 7) is 2.06. The Morgan fingerprint density at radius 1 is 0.917 bits per heavy atom. The van der Waals surface area contributed by atoms with Gasteiger partial charge in [-0.2, -0.15) is 5.11 Å². The average molecular weight is 320 g/mol. The molecule has 0 saturated carbocycles. The lowest BCUT2D eigenvalue weighted by molar-refractivity contribution is -0.121. The van der Waals surface area contributed by atoms with Gasteiger partial charge in [-0.15, -0.1) is 0 Å². The third kappa shape index (κ3) is 2.11. The second kappa shape index (κ2) is 5.56. The van der Waals surface area contributed by atoms with Gasteiger partial charge in [-0.25, -0.2) is 9.91 Å². The Labute approximate surface area is 139 Å². The highest BCUT2D eigenvalue weighted by atomic mass is 16.2. The van der Waals surface area contributed by atoms with Crippen molar-refractivity contribution in [3.63, 3.8) is 0 Å². The van der Waals surface area contributed by atoms with Gasteiger partial charge >= 0.3 is 0 Å². The number of fused-ring (bicyclic) bond motifs is 1. The highest BCUT2D eigenvalue weighted by molar-refractivity contribution is 6.26. The number of imide groups is 1. The largest absolute Gasteiger partial charge is 0.271 e. The summed E-state index contributed by atoms with van der Waals surface area (Å²) in [5, 5.41) is 9.61. The van der Waals surface area contributed by atoms with E-state index in [2.05, 4.69) is 17.3 Å². The van der Waals surface area contributed by atoms with E-state index < -0.39 is 12.1 Å². The molecule has 0 spiro atoms. The molecule has 4 rings (SSSR count). The van der Waals surface area contributed by atoms with Gasteiger partial charge in [-0.05, 0) is 36.2 Å². The minimum Gasteiger partial charge on any atom is -0.271 e. The number of para-hydroxylation sites is 1. The maximum Gasteiger partial charge on any atom is 0.263 e. The summed E-state index contributed by atoms with van der Waals surface area (Å²) < 4.78 is 0. The Hall–Kier alpha value is -3.02. The summed E-state index contributed by atoms with van der Waals surface area (Å²) in [4.78, 5) is 26.8. The number of amides is 2. The van der Waals surface area contributed by atoms with Gasteiger partial charge < -0.3 is 0 Å². The molecule has 2 aliphatic rings. The van der Waals surface area contributed by atoms with Crippen LogP contribution in [0.25, 0.3) is 0 Å². The van der Waals surface area contributed by atoms with Crippen molar-refractivity contribution in [3.8, 4) is 0 Å². The number of carbonyl (C=O) groups is 2. The minimum atomic E-state index is -0.774. The van der Waals surface area contributed by atoms with E-state index in [0.29, 0.717) is 5.69 Å². The molecule has 2 amide bonds. The number of hydrogen-bond donors (Lipinski definition) is 0. The van der Waals surface area contributed by atoms with Crippen LogP contribution in [-0.4, -0.2) is 23.9 Å². The number of carbonyl (C=O) groups excluding carboxylic acids is 2. The van der Waals surface area contributed by atoms with Crippen molar-refractivity contribution in [1.29, 1.82) is 0 Å². The standard InChI is InChI=1S/C18H16N4O2/c1-2-12-8-10-13(11-9-12)21-17(23)15-16(18(21)24)22(20-19-15)14-6-4-3-5-7-14/h3-11,15-16H,2H2,1H3/t15-,16-/m1/s1. The van der Waals surface area contributed by atoms with Crippen molar-refractivity contribution in [1.82, 2.24) is 0 Å². The van der Waals surface area contributed by atoms with Gasteiger partial charge in [0.05, 0.1) is 11.4 Å². The average Bonchev–Trinajstić information content (AvgIpc) is 3.17. The Balaban J connectivity index is 1.67. The Morgan fingerprint density at radius 2 is 1.62 bits per heavy atom. The quantitative estimate of drug-likeness (QED) is 0.817. The smallest absolute Gasteiger partial charge is 0.263 e. The third-order valence-electron chi connectivity index (χ3n) is 4.41. The van der Waals surface area contributed by atoms with E-state index in [-0.39, 0.29) is 11.8 Å². The predicted octanol–water partition coefficient (Wildman–Crippen LogP) is 2.75. The molecule has 1 saturated heterocycles.